The van der Waals surface area contributed by atoms with Gasteiger partial charge in [-0.1, -0.05) is 25.5 Å². The average molecular weight is 458 g/mol. The van der Waals surface area contributed by atoms with Gasteiger partial charge in [-0.05, 0) is 60.5 Å². The molecule has 2 heterocycles. The number of nitrogens with zero attached hydrogens (tertiary/aromatic N) is 2. The maximum Gasteiger partial charge on any atom is 0.323 e. The van der Waals surface area contributed by atoms with Crippen molar-refractivity contribution >= 4 is 34.1 Å². The Kier molecular flexibility index (Phi) is 6.77. The number of fused-ring (bicyclic) bond motifs is 1. The predicted octanol–water partition coefficient (Wildman–Crippen LogP) is 5.10. The highest BCUT2D eigenvalue weighted by Crippen LogP contribution is 2.34. The van der Waals surface area contributed by atoms with Crippen LogP contribution >= 0.6 is 0 Å². The van der Waals surface area contributed by atoms with Gasteiger partial charge < -0.3 is 21.1 Å². The van der Waals surface area contributed by atoms with E-state index >= 15 is 0 Å². The molecule has 0 unspecified atom stereocenters. The Morgan fingerprint density at radius 3 is 2.62 bits per heavy atom. The third-order valence-corrected chi connectivity index (χ3v) is 5.52. The van der Waals surface area contributed by atoms with Crippen LogP contribution in [0.1, 0.15) is 19.8 Å². The van der Waals surface area contributed by atoms with Gasteiger partial charge in [-0.15, -0.1) is 0 Å². The lowest BCUT2D eigenvalue weighted by atomic mass is 10.00. The Morgan fingerprint density at radius 2 is 1.88 bits per heavy atom. The maximum absolute atomic E-state index is 13.7. The molecule has 0 atom stereocenters. The molecule has 0 aliphatic carbocycles. The minimum Gasteiger partial charge on any atom is -0.497 e. The molecule has 4 rings (SSSR count). The van der Waals surface area contributed by atoms with Crippen LogP contribution in [-0.2, 0) is 6.54 Å². The highest BCUT2D eigenvalue weighted by atomic mass is 16.5. The molecule has 2 aromatic heterocycles. The number of hydrogen-bond acceptors (Lipinski definition) is 5. The van der Waals surface area contributed by atoms with E-state index in [1.54, 1.807) is 42.1 Å². The normalized spacial score (nSPS) is 10.8. The molecule has 34 heavy (non-hydrogen) atoms. The van der Waals surface area contributed by atoms with E-state index in [-0.39, 0.29) is 11.2 Å². The molecule has 2 amide bonds. The molecule has 4 aromatic rings. The maximum atomic E-state index is 13.7. The molecule has 0 bridgehead atoms. The quantitative estimate of drug-likeness (QED) is 0.334. The van der Waals surface area contributed by atoms with Gasteiger partial charge in [-0.2, -0.15) is 0 Å². The van der Waals surface area contributed by atoms with Crippen LogP contribution in [-0.4, -0.2) is 22.7 Å². The van der Waals surface area contributed by atoms with E-state index in [1.807, 2.05) is 36.4 Å². The number of benzene rings is 2. The minimum absolute atomic E-state index is 0.179. The number of aryl methyl sites for hydroxylation is 1. The lowest BCUT2D eigenvalue weighted by Crippen LogP contribution is -2.30. The van der Waals surface area contributed by atoms with E-state index in [0.717, 1.165) is 23.8 Å². The summed E-state index contributed by atoms with van der Waals surface area (Å²) in [5.41, 5.74) is 8.64. The largest absolute Gasteiger partial charge is 0.497 e. The van der Waals surface area contributed by atoms with E-state index in [2.05, 4.69) is 22.5 Å². The molecule has 4 N–H and O–H groups in total. The number of hydrogen-bond donors (Lipinski definition) is 3. The van der Waals surface area contributed by atoms with Crippen LogP contribution in [0.15, 0.2) is 71.7 Å². The fourth-order valence-electron chi connectivity index (χ4n) is 3.84. The summed E-state index contributed by atoms with van der Waals surface area (Å²) in [4.78, 5) is 31.2. The number of anilines is 3. The molecule has 0 aliphatic rings. The molecule has 0 saturated heterocycles. The number of carbonyl (C=O) groups excluding carboxylic acids is 1. The van der Waals surface area contributed by atoms with Crippen molar-refractivity contribution in [3.63, 3.8) is 0 Å². The van der Waals surface area contributed by atoms with Crippen molar-refractivity contribution in [3.8, 4) is 16.9 Å². The second kappa shape index (κ2) is 10.1. The molecule has 174 valence electrons. The molecule has 0 radical (unpaired) electrons. The second-order valence-electron chi connectivity index (χ2n) is 7.87. The Labute approximate surface area is 197 Å². The van der Waals surface area contributed by atoms with E-state index < -0.39 is 6.03 Å². The molecule has 0 fully saturated rings. The van der Waals surface area contributed by atoms with Gasteiger partial charge >= 0.3 is 6.03 Å². The number of methoxy groups -OCH3 is 1. The molecule has 8 nitrogen and oxygen atoms in total. The van der Waals surface area contributed by atoms with Crippen molar-refractivity contribution < 1.29 is 9.53 Å². The number of amides is 2. The number of urea groups is 1. The van der Waals surface area contributed by atoms with E-state index in [0.29, 0.717) is 34.9 Å². The van der Waals surface area contributed by atoms with Gasteiger partial charge in [0.1, 0.15) is 17.1 Å². The van der Waals surface area contributed by atoms with Crippen molar-refractivity contribution in [1.82, 2.24) is 9.55 Å². The minimum atomic E-state index is -0.531. The van der Waals surface area contributed by atoms with Crippen LogP contribution in [0, 0.1) is 0 Å². The van der Waals surface area contributed by atoms with Crippen molar-refractivity contribution in [3.05, 3.63) is 77.2 Å². The van der Waals surface area contributed by atoms with Gasteiger partial charge in [0.25, 0.3) is 5.56 Å². The van der Waals surface area contributed by atoms with E-state index in [4.69, 9.17) is 10.5 Å². The third kappa shape index (κ3) is 4.71. The lowest BCUT2D eigenvalue weighted by molar-refractivity contribution is 0.262. The first kappa shape index (κ1) is 22.8. The fraction of sp³-hybridized carbons (Fsp3) is 0.192. The zero-order chi connectivity index (χ0) is 24.1. The standard InChI is InChI=1S/C26H27N5O3/c1-3-4-15-31-24-21(9-6-14-28-24)22(17-7-5-8-20(16-17)34-2)23(25(31)32)30-26(33)29-19-12-10-18(27)11-13-19/h5-14,16H,3-4,15,27H2,1-2H3,(H2,29,30,33). The summed E-state index contributed by atoms with van der Waals surface area (Å²) in [7, 11) is 1.58. The van der Waals surface area contributed by atoms with Crippen molar-refractivity contribution in [1.29, 1.82) is 0 Å². The summed E-state index contributed by atoms with van der Waals surface area (Å²) in [6.45, 7) is 2.56. The Bertz CT molecular complexity index is 1380. The molecule has 8 heteroatoms. The van der Waals surface area contributed by atoms with Crippen molar-refractivity contribution in [2.24, 2.45) is 0 Å². The number of unbranched alkanes of at least 4 members (excludes halogenated alkanes) is 1. The van der Waals surface area contributed by atoms with Crippen LogP contribution in [0.3, 0.4) is 0 Å². The fourth-order valence-corrected chi connectivity index (χ4v) is 3.84. The second-order valence-corrected chi connectivity index (χ2v) is 7.87. The van der Waals surface area contributed by atoms with Gasteiger partial charge in [0.05, 0.1) is 7.11 Å². The molecule has 0 saturated carbocycles. The summed E-state index contributed by atoms with van der Waals surface area (Å²) in [5.74, 6) is 0.641. The molecule has 2 aromatic carbocycles. The predicted molar refractivity (Wildman–Crippen MR) is 136 cm³/mol. The molecular weight excluding hydrogens is 430 g/mol. The van der Waals surface area contributed by atoms with Crippen LogP contribution in [0.5, 0.6) is 5.75 Å². The number of aromatic nitrogens is 2. The summed E-state index contributed by atoms with van der Waals surface area (Å²) < 4.78 is 7.02. The summed E-state index contributed by atoms with van der Waals surface area (Å²) in [6, 6.07) is 17.3. The SMILES string of the molecule is CCCCn1c(=O)c(NC(=O)Nc2ccc(N)cc2)c(-c2cccc(OC)c2)c2cccnc21. The van der Waals surface area contributed by atoms with Gasteiger partial charge in [-0.25, -0.2) is 9.78 Å². The number of carbonyl (C=O) groups is 1. The zero-order valence-electron chi connectivity index (χ0n) is 19.2. The number of nitrogens with one attached hydrogen (secondary N) is 2. The van der Waals surface area contributed by atoms with Crippen LogP contribution in [0.4, 0.5) is 21.9 Å². The Hall–Kier alpha value is -4.33. The monoisotopic (exact) mass is 457 g/mol. The summed E-state index contributed by atoms with van der Waals surface area (Å²) >= 11 is 0. The van der Waals surface area contributed by atoms with Crippen LogP contribution in [0.25, 0.3) is 22.2 Å². The lowest BCUT2D eigenvalue weighted by Gasteiger charge is -2.18. The smallest absolute Gasteiger partial charge is 0.323 e. The number of nitrogens with two attached hydrogens (primary N) is 1. The molecule has 0 spiro atoms. The van der Waals surface area contributed by atoms with E-state index in [9.17, 15) is 9.59 Å². The van der Waals surface area contributed by atoms with Crippen molar-refractivity contribution in [2.75, 3.05) is 23.5 Å². The number of ether oxygens (including phenoxy) is 1. The van der Waals surface area contributed by atoms with Crippen LogP contribution < -0.4 is 26.7 Å². The van der Waals surface area contributed by atoms with Crippen molar-refractivity contribution in [2.45, 2.75) is 26.3 Å². The van der Waals surface area contributed by atoms with Gasteiger partial charge in [0.15, 0.2) is 0 Å². The third-order valence-electron chi connectivity index (χ3n) is 5.52. The Balaban J connectivity index is 1.88. The first-order valence-corrected chi connectivity index (χ1v) is 11.1. The summed E-state index contributed by atoms with van der Waals surface area (Å²) in [6.07, 6.45) is 3.39. The molecule has 0 aliphatic heterocycles. The number of rotatable bonds is 7. The van der Waals surface area contributed by atoms with Gasteiger partial charge in [-0.3, -0.25) is 9.36 Å². The summed E-state index contributed by atoms with van der Waals surface area (Å²) in [5, 5.41) is 6.32. The topological polar surface area (TPSA) is 111 Å². The highest BCUT2D eigenvalue weighted by Gasteiger charge is 2.21. The van der Waals surface area contributed by atoms with Gasteiger partial charge in [0, 0.05) is 35.1 Å². The van der Waals surface area contributed by atoms with Crippen LogP contribution in [0.2, 0.25) is 0 Å². The zero-order valence-corrected chi connectivity index (χ0v) is 19.2. The number of nitrogen functional groups attached to an aromatic ring is 1. The first-order valence-electron chi connectivity index (χ1n) is 11.1. The highest BCUT2D eigenvalue weighted by molar-refractivity contribution is 6.07. The Morgan fingerprint density at radius 1 is 1.09 bits per heavy atom. The van der Waals surface area contributed by atoms with E-state index in [1.165, 1.54) is 0 Å². The molecular formula is C26H27N5O3. The average Bonchev–Trinajstić information content (AvgIpc) is 2.85. The number of pyridine rings is 2. The first-order chi connectivity index (χ1) is 16.5. The van der Waals surface area contributed by atoms with Gasteiger partial charge in [0.2, 0.25) is 0 Å².